The minimum absolute atomic E-state index is 0.101. The van der Waals surface area contributed by atoms with Gasteiger partial charge in [0.25, 0.3) is 0 Å². The first-order valence-corrected chi connectivity index (χ1v) is 7.58. The molecule has 1 rings (SSSR count). The Balaban J connectivity index is 2.28. The topological polar surface area (TPSA) is 67.4 Å². The Morgan fingerprint density at radius 3 is 2.55 bits per heavy atom. The quantitative estimate of drug-likeness (QED) is 0.806. The van der Waals surface area contributed by atoms with Gasteiger partial charge in [-0.05, 0) is 57.9 Å². The first-order valence-electron chi connectivity index (χ1n) is 7.20. The monoisotopic (exact) mass is 326 g/mol. The summed E-state index contributed by atoms with van der Waals surface area (Å²) < 4.78 is 5.10. The van der Waals surface area contributed by atoms with E-state index in [9.17, 15) is 9.59 Å². The number of ether oxygens (including phenoxy) is 1. The fourth-order valence-corrected chi connectivity index (χ4v) is 1.96. The zero-order valence-corrected chi connectivity index (χ0v) is 14.2. The Labute approximate surface area is 136 Å². The van der Waals surface area contributed by atoms with Gasteiger partial charge in [0.1, 0.15) is 5.60 Å². The van der Waals surface area contributed by atoms with Gasteiger partial charge in [0, 0.05) is 23.7 Å². The van der Waals surface area contributed by atoms with E-state index in [1.807, 2.05) is 6.92 Å². The minimum Gasteiger partial charge on any atom is -0.444 e. The predicted octanol–water partition coefficient (Wildman–Crippen LogP) is 3.89. The second-order valence-corrected chi connectivity index (χ2v) is 6.48. The van der Waals surface area contributed by atoms with Crippen LogP contribution in [0.4, 0.5) is 10.5 Å². The van der Waals surface area contributed by atoms with Gasteiger partial charge in [0.2, 0.25) is 5.91 Å². The SMILES string of the molecule is Cc1cc(Cl)ccc1NC(=O)CCCNC(=O)OC(C)(C)C. The molecule has 0 heterocycles. The third-order valence-corrected chi connectivity index (χ3v) is 2.95. The lowest BCUT2D eigenvalue weighted by Gasteiger charge is -2.19. The maximum Gasteiger partial charge on any atom is 0.407 e. The highest BCUT2D eigenvalue weighted by Crippen LogP contribution is 2.19. The van der Waals surface area contributed by atoms with Crippen molar-refractivity contribution in [1.29, 1.82) is 0 Å². The van der Waals surface area contributed by atoms with Crippen LogP contribution < -0.4 is 10.6 Å². The summed E-state index contributed by atoms with van der Waals surface area (Å²) in [5.74, 6) is -0.101. The normalized spacial score (nSPS) is 11.0. The fourth-order valence-electron chi connectivity index (χ4n) is 1.73. The summed E-state index contributed by atoms with van der Waals surface area (Å²) in [4.78, 5) is 23.3. The Morgan fingerprint density at radius 2 is 1.95 bits per heavy atom. The van der Waals surface area contributed by atoms with Gasteiger partial charge in [-0.15, -0.1) is 0 Å². The molecule has 0 spiro atoms. The Morgan fingerprint density at radius 1 is 1.27 bits per heavy atom. The lowest BCUT2D eigenvalue weighted by molar-refractivity contribution is -0.116. The molecule has 0 radical (unpaired) electrons. The molecular formula is C16H23ClN2O3. The molecule has 2 N–H and O–H groups in total. The van der Waals surface area contributed by atoms with Crippen molar-refractivity contribution < 1.29 is 14.3 Å². The number of halogens is 1. The first-order chi connectivity index (χ1) is 10.2. The lowest BCUT2D eigenvalue weighted by atomic mass is 10.2. The van der Waals surface area contributed by atoms with Crippen molar-refractivity contribution in [1.82, 2.24) is 5.32 Å². The van der Waals surface area contributed by atoms with Gasteiger partial charge in [0.15, 0.2) is 0 Å². The summed E-state index contributed by atoms with van der Waals surface area (Å²) in [6, 6.07) is 5.30. The van der Waals surface area contributed by atoms with E-state index in [0.717, 1.165) is 11.3 Å². The molecular weight excluding hydrogens is 304 g/mol. The molecule has 2 amide bonds. The predicted molar refractivity (Wildman–Crippen MR) is 88.3 cm³/mol. The molecule has 0 atom stereocenters. The lowest BCUT2D eigenvalue weighted by Crippen LogP contribution is -2.33. The van der Waals surface area contributed by atoms with Crippen molar-refractivity contribution >= 4 is 29.3 Å². The fraction of sp³-hybridized carbons (Fsp3) is 0.500. The van der Waals surface area contributed by atoms with Crippen molar-refractivity contribution in [3.05, 3.63) is 28.8 Å². The molecule has 1 aromatic rings. The highest BCUT2D eigenvalue weighted by molar-refractivity contribution is 6.30. The average Bonchev–Trinajstić information content (AvgIpc) is 2.36. The van der Waals surface area contributed by atoms with Gasteiger partial charge in [-0.1, -0.05) is 11.6 Å². The second-order valence-electron chi connectivity index (χ2n) is 6.04. The van der Waals surface area contributed by atoms with Crippen LogP contribution in [0.3, 0.4) is 0 Å². The van der Waals surface area contributed by atoms with Crippen LogP contribution in [-0.2, 0) is 9.53 Å². The second kappa shape index (κ2) is 8.03. The number of nitrogens with one attached hydrogen (secondary N) is 2. The van der Waals surface area contributed by atoms with Crippen molar-refractivity contribution in [3.63, 3.8) is 0 Å². The van der Waals surface area contributed by atoms with Crippen LogP contribution in [0.25, 0.3) is 0 Å². The van der Waals surface area contributed by atoms with E-state index < -0.39 is 11.7 Å². The molecule has 0 fully saturated rings. The van der Waals surface area contributed by atoms with E-state index in [-0.39, 0.29) is 5.91 Å². The molecule has 0 aliphatic heterocycles. The van der Waals surface area contributed by atoms with E-state index in [2.05, 4.69) is 10.6 Å². The maximum atomic E-state index is 11.8. The van der Waals surface area contributed by atoms with Gasteiger partial charge in [0.05, 0.1) is 0 Å². The molecule has 22 heavy (non-hydrogen) atoms. The zero-order chi connectivity index (χ0) is 16.8. The van der Waals surface area contributed by atoms with E-state index in [1.54, 1.807) is 39.0 Å². The molecule has 0 aliphatic carbocycles. The van der Waals surface area contributed by atoms with Gasteiger partial charge >= 0.3 is 6.09 Å². The van der Waals surface area contributed by atoms with Gasteiger partial charge in [-0.2, -0.15) is 0 Å². The standard InChI is InChI=1S/C16H23ClN2O3/c1-11-10-12(17)7-8-13(11)19-14(20)6-5-9-18-15(21)22-16(2,3)4/h7-8,10H,5-6,9H2,1-4H3,(H,18,21)(H,19,20). The van der Waals surface area contributed by atoms with Crippen molar-refractivity contribution in [2.24, 2.45) is 0 Å². The summed E-state index contributed by atoms with van der Waals surface area (Å²) in [5, 5.41) is 6.08. The Kier molecular flexibility index (Phi) is 6.68. The molecule has 0 aromatic heterocycles. The Bertz CT molecular complexity index is 539. The van der Waals surface area contributed by atoms with Crippen molar-refractivity contribution in [2.45, 2.75) is 46.1 Å². The van der Waals surface area contributed by atoms with Gasteiger partial charge in [-0.3, -0.25) is 4.79 Å². The summed E-state index contributed by atoms with van der Waals surface area (Å²) in [5.41, 5.74) is 1.13. The van der Waals surface area contributed by atoms with Crippen LogP contribution in [0.2, 0.25) is 5.02 Å². The molecule has 6 heteroatoms. The molecule has 5 nitrogen and oxygen atoms in total. The molecule has 1 aromatic carbocycles. The third-order valence-electron chi connectivity index (χ3n) is 2.71. The highest BCUT2D eigenvalue weighted by Gasteiger charge is 2.15. The van der Waals surface area contributed by atoms with Crippen molar-refractivity contribution in [2.75, 3.05) is 11.9 Å². The summed E-state index contributed by atoms with van der Waals surface area (Å²) >= 11 is 5.87. The largest absolute Gasteiger partial charge is 0.444 e. The van der Waals surface area contributed by atoms with Crippen LogP contribution in [0, 0.1) is 6.92 Å². The van der Waals surface area contributed by atoms with E-state index in [4.69, 9.17) is 16.3 Å². The molecule has 0 aliphatic rings. The molecule has 0 saturated heterocycles. The van der Waals surface area contributed by atoms with Gasteiger partial charge < -0.3 is 15.4 Å². The van der Waals surface area contributed by atoms with Crippen LogP contribution >= 0.6 is 11.6 Å². The zero-order valence-electron chi connectivity index (χ0n) is 13.5. The van der Waals surface area contributed by atoms with E-state index in [0.29, 0.717) is 24.4 Å². The van der Waals surface area contributed by atoms with E-state index >= 15 is 0 Å². The number of alkyl carbamates (subject to hydrolysis) is 1. The number of amides is 2. The van der Waals surface area contributed by atoms with Gasteiger partial charge in [-0.25, -0.2) is 4.79 Å². The summed E-state index contributed by atoms with van der Waals surface area (Å²) in [7, 11) is 0. The molecule has 0 bridgehead atoms. The van der Waals surface area contributed by atoms with Crippen LogP contribution in [0.5, 0.6) is 0 Å². The number of aryl methyl sites for hydroxylation is 1. The third kappa shape index (κ3) is 7.31. The van der Waals surface area contributed by atoms with E-state index in [1.165, 1.54) is 0 Å². The molecule has 0 unspecified atom stereocenters. The minimum atomic E-state index is -0.520. The summed E-state index contributed by atoms with van der Waals surface area (Å²) in [6.07, 6.45) is 0.386. The number of hydrogen-bond acceptors (Lipinski definition) is 3. The maximum absolute atomic E-state index is 11.8. The summed E-state index contributed by atoms with van der Waals surface area (Å²) in [6.45, 7) is 7.67. The smallest absolute Gasteiger partial charge is 0.407 e. The number of carbonyl (C=O) groups is 2. The van der Waals surface area contributed by atoms with Crippen LogP contribution in [0.1, 0.15) is 39.2 Å². The molecule has 122 valence electrons. The van der Waals surface area contributed by atoms with Crippen LogP contribution in [0.15, 0.2) is 18.2 Å². The first kappa shape index (κ1) is 18.3. The number of anilines is 1. The number of hydrogen-bond donors (Lipinski definition) is 2. The average molecular weight is 327 g/mol. The number of benzene rings is 1. The highest BCUT2D eigenvalue weighted by atomic mass is 35.5. The number of carbonyl (C=O) groups excluding carboxylic acids is 2. The van der Waals surface area contributed by atoms with Crippen molar-refractivity contribution in [3.8, 4) is 0 Å². The Hall–Kier alpha value is -1.75. The van der Waals surface area contributed by atoms with Crippen LogP contribution in [-0.4, -0.2) is 24.1 Å². The number of rotatable bonds is 5. The molecule has 0 saturated carbocycles.